The Kier molecular flexibility index (Phi) is 6.33. The highest BCUT2D eigenvalue weighted by Gasteiger charge is 2.27. The van der Waals surface area contributed by atoms with Crippen molar-refractivity contribution in [2.45, 2.75) is 44.6 Å². The van der Waals surface area contributed by atoms with Gasteiger partial charge in [-0.1, -0.05) is 35.4 Å². The number of allylic oxidation sites excluding steroid dienone is 1. The Hall–Kier alpha value is -2.79. The van der Waals surface area contributed by atoms with Crippen LogP contribution in [-0.4, -0.2) is 40.8 Å². The standard InChI is InChI=1S/C25H28ClN3O2/c1-3-6-21(23-15-17-14-18(26)7-10-22(17)28-23)24(30)27-19-8-9-20(16(2)13-19)25(31)29-11-4-5-12-29/h3,7-10,14-15,19,21,28H,1,4-6,11-13H2,2H3,(H,27,30). The SMILES string of the molecule is C=CCC(C(=O)NC1C=CC(C(=O)N2CCCC2)=C(C)C1)c1cc2cc(Cl)ccc2[nH]1. The lowest BCUT2D eigenvalue weighted by molar-refractivity contribution is -0.125. The van der Waals surface area contributed by atoms with E-state index in [2.05, 4.69) is 16.9 Å². The molecule has 2 heterocycles. The second-order valence-electron chi connectivity index (χ2n) is 8.40. The van der Waals surface area contributed by atoms with Gasteiger partial charge in [0.15, 0.2) is 0 Å². The fourth-order valence-electron chi connectivity index (χ4n) is 4.44. The largest absolute Gasteiger partial charge is 0.358 e. The third-order valence-corrected chi connectivity index (χ3v) is 6.37. The van der Waals surface area contributed by atoms with Crippen LogP contribution in [0.4, 0.5) is 0 Å². The number of nitrogens with zero attached hydrogens (tertiary/aromatic N) is 1. The van der Waals surface area contributed by atoms with Crippen molar-refractivity contribution in [2.24, 2.45) is 0 Å². The molecule has 2 amide bonds. The van der Waals surface area contributed by atoms with Crippen LogP contribution in [0.2, 0.25) is 5.02 Å². The molecule has 31 heavy (non-hydrogen) atoms. The average molecular weight is 438 g/mol. The lowest BCUT2D eigenvalue weighted by Gasteiger charge is -2.25. The molecule has 2 aliphatic rings. The number of carbonyl (C=O) groups is 2. The molecule has 0 bridgehead atoms. The van der Waals surface area contributed by atoms with Gasteiger partial charge in [0.2, 0.25) is 5.91 Å². The first-order valence-corrected chi connectivity index (χ1v) is 11.2. The number of halogens is 1. The predicted octanol–water partition coefficient (Wildman–Crippen LogP) is 4.86. The van der Waals surface area contributed by atoms with Crippen molar-refractivity contribution in [3.63, 3.8) is 0 Å². The van der Waals surface area contributed by atoms with Crippen LogP contribution in [0, 0.1) is 0 Å². The number of rotatable bonds is 6. The minimum absolute atomic E-state index is 0.0608. The van der Waals surface area contributed by atoms with Crippen LogP contribution in [-0.2, 0) is 9.59 Å². The average Bonchev–Trinajstić information content (AvgIpc) is 3.41. The fourth-order valence-corrected chi connectivity index (χ4v) is 4.63. The molecule has 1 fully saturated rings. The molecule has 2 N–H and O–H groups in total. The van der Waals surface area contributed by atoms with Crippen molar-refractivity contribution in [3.8, 4) is 0 Å². The first-order chi connectivity index (χ1) is 15.0. The summed E-state index contributed by atoms with van der Waals surface area (Å²) in [6.07, 6.45) is 8.88. The zero-order valence-corrected chi connectivity index (χ0v) is 18.5. The van der Waals surface area contributed by atoms with Crippen molar-refractivity contribution in [1.29, 1.82) is 0 Å². The summed E-state index contributed by atoms with van der Waals surface area (Å²) in [5, 5.41) is 4.78. The highest BCUT2D eigenvalue weighted by Crippen LogP contribution is 2.28. The topological polar surface area (TPSA) is 65.2 Å². The Morgan fingerprint density at radius 1 is 1.32 bits per heavy atom. The minimum Gasteiger partial charge on any atom is -0.358 e. The van der Waals surface area contributed by atoms with Gasteiger partial charge in [0.25, 0.3) is 5.91 Å². The number of H-pyrrole nitrogens is 1. The molecule has 0 saturated carbocycles. The molecule has 1 aliphatic carbocycles. The Balaban J connectivity index is 1.46. The molecular weight excluding hydrogens is 410 g/mol. The number of benzene rings is 1. The van der Waals surface area contributed by atoms with E-state index in [-0.39, 0.29) is 23.8 Å². The lowest BCUT2D eigenvalue weighted by Crippen LogP contribution is -2.39. The molecule has 5 nitrogen and oxygen atoms in total. The van der Waals surface area contributed by atoms with E-state index in [1.165, 1.54) is 0 Å². The van der Waals surface area contributed by atoms with Crippen LogP contribution < -0.4 is 5.32 Å². The summed E-state index contributed by atoms with van der Waals surface area (Å²) < 4.78 is 0. The van der Waals surface area contributed by atoms with Gasteiger partial charge in [0.1, 0.15) is 0 Å². The summed E-state index contributed by atoms with van der Waals surface area (Å²) in [4.78, 5) is 31.1. The third kappa shape index (κ3) is 4.62. The second kappa shape index (κ2) is 9.15. The first kappa shape index (κ1) is 21.4. The van der Waals surface area contributed by atoms with Gasteiger partial charge in [-0.25, -0.2) is 0 Å². The molecular formula is C25H28ClN3O2. The van der Waals surface area contributed by atoms with Crippen molar-refractivity contribution in [3.05, 3.63) is 70.9 Å². The van der Waals surface area contributed by atoms with Crippen LogP contribution in [0.3, 0.4) is 0 Å². The van der Waals surface area contributed by atoms with Gasteiger partial charge in [0.05, 0.1) is 12.0 Å². The lowest BCUT2D eigenvalue weighted by atomic mass is 9.93. The third-order valence-electron chi connectivity index (χ3n) is 6.13. The van der Waals surface area contributed by atoms with E-state index in [4.69, 9.17) is 11.6 Å². The number of aromatic nitrogens is 1. The van der Waals surface area contributed by atoms with Crippen LogP contribution in [0.1, 0.15) is 44.2 Å². The van der Waals surface area contributed by atoms with Gasteiger partial charge in [-0.3, -0.25) is 9.59 Å². The van der Waals surface area contributed by atoms with E-state index in [1.54, 1.807) is 6.08 Å². The van der Waals surface area contributed by atoms with Crippen LogP contribution in [0.15, 0.2) is 60.2 Å². The van der Waals surface area contributed by atoms with Crippen molar-refractivity contribution in [1.82, 2.24) is 15.2 Å². The quantitative estimate of drug-likeness (QED) is 0.633. The number of hydrogen-bond donors (Lipinski definition) is 2. The summed E-state index contributed by atoms with van der Waals surface area (Å²) >= 11 is 6.10. The van der Waals surface area contributed by atoms with Gasteiger partial charge < -0.3 is 15.2 Å². The minimum atomic E-state index is -0.367. The van der Waals surface area contributed by atoms with E-state index in [0.29, 0.717) is 17.9 Å². The van der Waals surface area contributed by atoms with E-state index in [0.717, 1.165) is 53.7 Å². The van der Waals surface area contributed by atoms with Gasteiger partial charge >= 0.3 is 0 Å². The van der Waals surface area contributed by atoms with Gasteiger partial charge in [-0.2, -0.15) is 0 Å². The fraction of sp³-hybridized carbons (Fsp3) is 0.360. The van der Waals surface area contributed by atoms with Crippen LogP contribution >= 0.6 is 11.6 Å². The van der Waals surface area contributed by atoms with E-state index in [9.17, 15) is 9.59 Å². The number of hydrogen-bond acceptors (Lipinski definition) is 2. The molecule has 6 heteroatoms. The maximum atomic E-state index is 13.1. The van der Waals surface area contributed by atoms with Gasteiger partial charge in [-0.15, -0.1) is 6.58 Å². The summed E-state index contributed by atoms with van der Waals surface area (Å²) in [6, 6.07) is 7.48. The summed E-state index contributed by atoms with van der Waals surface area (Å²) in [7, 11) is 0. The highest BCUT2D eigenvalue weighted by atomic mass is 35.5. The van der Waals surface area contributed by atoms with E-state index >= 15 is 0 Å². The number of carbonyl (C=O) groups excluding carboxylic acids is 2. The maximum absolute atomic E-state index is 13.1. The van der Waals surface area contributed by atoms with E-state index in [1.807, 2.05) is 48.2 Å². The highest BCUT2D eigenvalue weighted by molar-refractivity contribution is 6.31. The zero-order valence-electron chi connectivity index (χ0n) is 17.8. The molecule has 2 unspecified atom stereocenters. The molecule has 1 aliphatic heterocycles. The van der Waals surface area contributed by atoms with Crippen molar-refractivity contribution in [2.75, 3.05) is 13.1 Å². The molecule has 1 saturated heterocycles. The maximum Gasteiger partial charge on any atom is 0.253 e. The normalized spacial score (nSPS) is 19.7. The molecule has 0 spiro atoms. The van der Waals surface area contributed by atoms with Crippen LogP contribution in [0.5, 0.6) is 0 Å². The molecule has 1 aromatic carbocycles. The molecule has 0 radical (unpaired) electrons. The summed E-state index contributed by atoms with van der Waals surface area (Å²) in [6.45, 7) is 7.48. The van der Waals surface area contributed by atoms with Gasteiger partial charge in [-0.05, 0) is 56.9 Å². The number of fused-ring (bicyclic) bond motifs is 1. The predicted molar refractivity (Wildman–Crippen MR) is 125 cm³/mol. The van der Waals surface area contributed by atoms with E-state index < -0.39 is 0 Å². The van der Waals surface area contributed by atoms with Crippen LogP contribution in [0.25, 0.3) is 10.9 Å². The van der Waals surface area contributed by atoms with Gasteiger partial charge in [0, 0.05) is 40.3 Å². The molecule has 2 aromatic rings. The summed E-state index contributed by atoms with van der Waals surface area (Å²) in [5.74, 6) is -0.319. The Morgan fingerprint density at radius 2 is 2.10 bits per heavy atom. The molecule has 162 valence electrons. The number of nitrogens with one attached hydrogen (secondary N) is 2. The smallest absolute Gasteiger partial charge is 0.253 e. The first-order valence-electron chi connectivity index (χ1n) is 10.8. The second-order valence-corrected chi connectivity index (χ2v) is 8.84. The Labute approximate surface area is 187 Å². The Morgan fingerprint density at radius 3 is 2.81 bits per heavy atom. The number of aromatic amines is 1. The summed E-state index contributed by atoms with van der Waals surface area (Å²) in [5.41, 5.74) is 3.57. The van der Waals surface area contributed by atoms with Crippen molar-refractivity contribution >= 4 is 34.3 Å². The number of likely N-dealkylation sites (tertiary alicyclic amines) is 1. The molecule has 2 atom stereocenters. The molecule has 4 rings (SSSR count). The van der Waals surface area contributed by atoms with Crippen molar-refractivity contribution < 1.29 is 9.59 Å². The Bertz CT molecular complexity index is 1080. The number of amides is 2. The monoisotopic (exact) mass is 437 g/mol. The zero-order chi connectivity index (χ0) is 22.0. The molecule has 1 aromatic heterocycles.